The fourth-order valence-corrected chi connectivity index (χ4v) is 2.64. The van der Waals surface area contributed by atoms with Crippen molar-refractivity contribution < 1.29 is 0 Å². The molecule has 0 amide bonds. The van der Waals surface area contributed by atoms with E-state index in [1.165, 1.54) is 42.1 Å². The van der Waals surface area contributed by atoms with E-state index in [0.29, 0.717) is 0 Å². The van der Waals surface area contributed by atoms with Crippen molar-refractivity contribution in [2.45, 2.75) is 50.6 Å². The van der Waals surface area contributed by atoms with Crippen LogP contribution in [-0.2, 0) is 6.54 Å². The zero-order valence-corrected chi connectivity index (χ0v) is 9.02. The first-order chi connectivity index (χ1) is 6.92. The van der Waals surface area contributed by atoms with Crippen molar-refractivity contribution in [2.75, 3.05) is 0 Å². The summed E-state index contributed by atoms with van der Waals surface area (Å²) in [5.74, 6) is 0.738. The largest absolute Gasteiger partial charge is 0.308 e. The van der Waals surface area contributed by atoms with Gasteiger partial charge in [-0.1, -0.05) is 17.8 Å². The molecule has 0 saturated heterocycles. The molecule has 1 heterocycles. The molecule has 0 unspecified atom stereocenters. The number of nitrogens with one attached hydrogen (secondary N) is 1. The number of nitrogens with zero attached hydrogens (tertiary/aromatic N) is 2. The normalized spacial score (nSPS) is 22.3. The Bertz CT molecular complexity index is 315. The van der Waals surface area contributed by atoms with Crippen molar-refractivity contribution >= 4 is 11.3 Å². The third kappa shape index (κ3) is 1.81. The van der Waals surface area contributed by atoms with Gasteiger partial charge in [0.05, 0.1) is 0 Å². The van der Waals surface area contributed by atoms with Crippen molar-refractivity contribution in [3.05, 3.63) is 10.0 Å². The topological polar surface area (TPSA) is 37.8 Å². The fraction of sp³-hybridized carbons (Fsp3) is 0.800. The summed E-state index contributed by atoms with van der Waals surface area (Å²) in [6, 6.07) is 0.769. The van der Waals surface area contributed by atoms with Crippen LogP contribution in [0.2, 0.25) is 0 Å². The highest BCUT2D eigenvalue weighted by Crippen LogP contribution is 2.37. The molecule has 0 atom stereocenters. The van der Waals surface area contributed by atoms with Crippen LogP contribution in [0.1, 0.15) is 48.0 Å². The van der Waals surface area contributed by atoms with E-state index in [1.807, 2.05) is 0 Å². The summed E-state index contributed by atoms with van der Waals surface area (Å²) < 4.78 is 0. The molecule has 0 radical (unpaired) electrons. The molecule has 1 N–H and O–H groups in total. The van der Waals surface area contributed by atoms with Gasteiger partial charge in [-0.2, -0.15) is 0 Å². The van der Waals surface area contributed by atoms with Crippen molar-refractivity contribution in [3.63, 3.8) is 0 Å². The fourth-order valence-electron chi connectivity index (χ4n) is 1.68. The van der Waals surface area contributed by atoms with Gasteiger partial charge in [-0.3, -0.25) is 0 Å². The Morgan fingerprint density at radius 3 is 2.71 bits per heavy atom. The third-order valence-electron chi connectivity index (χ3n) is 3.06. The highest BCUT2D eigenvalue weighted by atomic mass is 32.1. The zero-order valence-electron chi connectivity index (χ0n) is 8.20. The van der Waals surface area contributed by atoms with Gasteiger partial charge in [0.15, 0.2) is 0 Å². The van der Waals surface area contributed by atoms with Crippen LogP contribution in [0.3, 0.4) is 0 Å². The van der Waals surface area contributed by atoms with Gasteiger partial charge in [0, 0.05) is 18.5 Å². The van der Waals surface area contributed by atoms with Crippen LogP contribution in [0.25, 0.3) is 0 Å². The van der Waals surface area contributed by atoms with Crippen LogP contribution in [0.15, 0.2) is 0 Å². The Balaban J connectivity index is 1.58. The molecule has 76 valence electrons. The van der Waals surface area contributed by atoms with Crippen molar-refractivity contribution in [1.82, 2.24) is 15.5 Å². The van der Waals surface area contributed by atoms with Gasteiger partial charge < -0.3 is 5.32 Å². The highest BCUT2D eigenvalue weighted by Gasteiger charge is 2.24. The summed E-state index contributed by atoms with van der Waals surface area (Å²) in [7, 11) is 0. The average molecular weight is 209 g/mol. The van der Waals surface area contributed by atoms with Crippen molar-refractivity contribution in [1.29, 1.82) is 0 Å². The third-order valence-corrected chi connectivity index (χ3v) is 4.14. The number of hydrogen-bond donors (Lipinski definition) is 1. The van der Waals surface area contributed by atoms with Gasteiger partial charge in [-0.05, 0) is 25.7 Å². The lowest BCUT2D eigenvalue weighted by molar-refractivity contribution is 0.416. The number of aromatic nitrogens is 2. The number of hydrogen-bond acceptors (Lipinski definition) is 4. The van der Waals surface area contributed by atoms with Crippen LogP contribution in [0.4, 0.5) is 0 Å². The SMILES string of the molecule is C1CC(c2nnc(CNC3CC3)s2)C1. The van der Waals surface area contributed by atoms with E-state index in [9.17, 15) is 0 Å². The van der Waals surface area contributed by atoms with Gasteiger partial charge >= 0.3 is 0 Å². The summed E-state index contributed by atoms with van der Waals surface area (Å²) in [5.41, 5.74) is 0. The lowest BCUT2D eigenvalue weighted by atomic mass is 9.86. The van der Waals surface area contributed by atoms with E-state index in [0.717, 1.165) is 18.5 Å². The average Bonchev–Trinajstić information content (AvgIpc) is 2.82. The Morgan fingerprint density at radius 2 is 2.07 bits per heavy atom. The molecule has 0 bridgehead atoms. The second kappa shape index (κ2) is 3.59. The molecule has 0 spiro atoms. The van der Waals surface area contributed by atoms with Crippen LogP contribution in [0.5, 0.6) is 0 Å². The molecular weight excluding hydrogens is 194 g/mol. The monoisotopic (exact) mass is 209 g/mol. The van der Waals surface area contributed by atoms with Crippen LogP contribution < -0.4 is 5.32 Å². The van der Waals surface area contributed by atoms with Crippen molar-refractivity contribution in [3.8, 4) is 0 Å². The quantitative estimate of drug-likeness (QED) is 0.824. The van der Waals surface area contributed by atoms with Crippen LogP contribution in [-0.4, -0.2) is 16.2 Å². The highest BCUT2D eigenvalue weighted by molar-refractivity contribution is 7.11. The molecule has 0 aliphatic heterocycles. The molecule has 4 heteroatoms. The van der Waals surface area contributed by atoms with E-state index in [4.69, 9.17) is 0 Å². The summed E-state index contributed by atoms with van der Waals surface area (Å²) in [6.45, 7) is 0.926. The van der Waals surface area contributed by atoms with Crippen LogP contribution >= 0.6 is 11.3 Å². The first-order valence-corrected chi connectivity index (χ1v) is 6.29. The van der Waals surface area contributed by atoms with Gasteiger partial charge in [-0.15, -0.1) is 10.2 Å². The minimum atomic E-state index is 0.738. The van der Waals surface area contributed by atoms with E-state index in [-0.39, 0.29) is 0 Å². The molecule has 2 aliphatic carbocycles. The predicted molar refractivity (Wildman–Crippen MR) is 56.4 cm³/mol. The molecule has 2 saturated carbocycles. The van der Waals surface area contributed by atoms with Crippen molar-refractivity contribution in [2.24, 2.45) is 0 Å². The maximum absolute atomic E-state index is 4.27. The Labute approximate surface area is 87.9 Å². The molecule has 1 aromatic heterocycles. The number of rotatable bonds is 4. The zero-order chi connectivity index (χ0) is 9.38. The molecule has 3 rings (SSSR count). The molecule has 2 aliphatic rings. The first kappa shape index (κ1) is 8.80. The predicted octanol–water partition coefficient (Wildman–Crippen LogP) is 2.06. The van der Waals surface area contributed by atoms with Gasteiger partial charge in [0.25, 0.3) is 0 Å². The van der Waals surface area contributed by atoms with E-state index < -0.39 is 0 Å². The Hall–Kier alpha value is -0.480. The maximum Gasteiger partial charge on any atom is 0.131 e. The second-order valence-corrected chi connectivity index (χ2v) is 5.41. The molecule has 0 aromatic carbocycles. The second-order valence-electron chi connectivity index (χ2n) is 4.32. The van der Waals surface area contributed by atoms with E-state index in [1.54, 1.807) is 11.3 Å². The lowest BCUT2D eigenvalue weighted by Crippen LogP contribution is -2.14. The minimum Gasteiger partial charge on any atom is -0.308 e. The molecule has 14 heavy (non-hydrogen) atoms. The smallest absolute Gasteiger partial charge is 0.131 e. The van der Waals surface area contributed by atoms with E-state index in [2.05, 4.69) is 15.5 Å². The first-order valence-electron chi connectivity index (χ1n) is 5.47. The maximum atomic E-state index is 4.27. The lowest BCUT2D eigenvalue weighted by Gasteiger charge is -2.21. The molecule has 3 nitrogen and oxygen atoms in total. The molecule has 1 aromatic rings. The van der Waals surface area contributed by atoms with Gasteiger partial charge in [0.2, 0.25) is 0 Å². The molecular formula is C10H15N3S. The van der Waals surface area contributed by atoms with E-state index >= 15 is 0 Å². The molecule has 2 fully saturated rings. The standard InChI is InChI=1S/C10H15N3S/c1-2-7(3-1)10-13-12-9(14-10)6-11-8-4-5-8/h7-8,11H,1-6H2. The van der Waals surface area contributed by atoms with Gasteiger partial charge in [-0.25, -0.2) is 0 Å². The van der Waals surface area contributed by atoms with Gasteiger partial charge in [0.1, 0.15) is 10.0 Å². The summed E-state index contributed by atoms with van der Waals surface area (Å²) >= 11 is 1.80. The summed E-state index contributed by atoms with van der Waals surface area (Å²) in [4.78, 5) is 0. The summed E-state index contributed by atoms with van der Waals surface area (Å²) in [6.07, 6.45) is 6.71. The Morgan fingerprint density at radius 1 is 1.21 bits per heavy atom. The summed E-state index contributed by atoms with van der Waals surface area (Å²) in [5, 5.41) is 14.4. The minimum absolute atomic E-state index is 0.738. The van der Waals surface area contributed by atoms with Crippen LogP contribution in [0, 0.1) is 0 Å². The Kier molecular flexibility index (Phi) is 2.25.